The van der Waals surface area contributed by atoms with Crippen LogP contribution in [-0.4, -0.2) is 60.3 Å². The first-order valence-corrected chi connectivity index (χ1v) is 4.99. The molecule has 10 heteroatoms. The van der Waals surface area contributed by atoms with Gasteiger partial charge in [-0.15, -0.1) is 0 Å². The van der Waals surface area contributed by atoms with Crippen LogP contribution in [0.5, 0.6) is 0 Å². The van der Waals surface area contributed by atoms with Crippen molar-refractivity contribution in [2.24, 2.45) is 0 Å². The number of nitrogens with one attached hydrogen (secondary N) is 2. The third-order valence-electron chi connectivity index (χ3n) is 2.36. The number of carbonyl (C=O) groups is 3. The number of hydrogen-bond acceptors (Lipinski definition) is 3. The Morgan fingerprint density at radius 3 is 2.05 bits per heavy atom. The van der Waals surface area contributed by atoms with Crippen LogP contribution in [-0.2, 0) is 9.59 Å². The number of halogens is 3. The number of likely N-dealkylation sites (N-methyl/N-ethyl adjacent to an activating group) is 2. The summed E-state index contributed by atoms with van der Waals surface area (Å²) in [6.07, 6.45) is -5.18. The Labute approximate surface area is 106 Å². The zero-order valence-electron chi connectivity index (χ0n) is 10.5. The zero-order valence-corrected chi connectivity index (χ0v) is 10.5. The summed E-state index contributed by atoms with van der Waals surface area (Å²) in [5, 5.41) is 12.1. The molecule has 0 radical (unpaired) electrons. The summed E-state index contributed by atoms with van der Waals surface area (Å²) in [5.74, 6) is -2.86. The lowest BCUT2D eigenvalue weighted by Gasteiger charge is -2.30. The molecule has 0 aromatic heterocycles. The number of nitrogens with zero attached hydrogens (tertiary/aromatic N) is 1. The number of carboxylic acid groups (broad SMARTS) is 1. The number of carbonyl (C=O) groups excluding carboxylic acids is 2. The number of rotatable bonds is 4. The highest BCUT2D eigenvalue weighted by Crippen LogP contribution is 2.30. The number of urea groups is 1. The van der Waals surface area contributed by atoms with Crippen LogP contribution >= 0.6 is 0 Å². The van der Waals surface area contributed by atoms with E-state index in [-0.39, 0.29) is 0 Å². The predicted octanol–water partition coefficient (Wildman–Crippen LogP) is -0.221. The molecule has 0 bridgehead atoms. The maximum atomic E-state index is 12.6. The molecule has 0 saturated heterocycles. The minimum atomic E-state index is -5.18. The standard InChI is InChI=1S/C9H14F3N3O4/c1-8(6(17)18,9(10,11)12)14-7(19)15(3)4-5(16)13-2/h4H2,1-3H3,(H,13,16)(H,14,19)(H,17,18). The molecular formula is C9H14F3N3O4. The van der Waals surface area contributed by atoms with Crippen molar-refractivity contribution in [3.8, 4) is 0 Å². The summed E-state index contributed by atoms with van der Waals surface area (Å²) in [4.78, 5) is 33.7. The molecule has 0 spiro atoms. The molecular weight excluding hydrogens is 271 g/mol. The van der Waals surface area contributed by atoms with Gasteiger partial charge in [0.15, 0.2) is 0 Å². The quantitative estimate of drug-likeness (QED) is 0.665. The van der Waals surface area contributed by atoms with Gasteiger partial charge >= 0.3 is 18.2 Å². The van der Waals surface area contributed by atoms with Crippen LogP contribution < -0.4 is 10.6 Å². The molecule has 0 rings (SSSR count). The topological polar surface area (TPSA) is 98.7 Å². The second kappa shape index (κ2) is 5.76. The Hall–Kier alpha value is -2.00. The fourth-order valence-corrected chi connectivity index (χ4v) is 0.921. The molecule has 0 aliphatic rings. The summed E-state index contributed by atoms with van der Waals surface area (Å²) in [6, 6.07) is -1.33. The molecule has 0 fully saturated rings. The SMILES string of the molecule is CNC(=O)CN(C)C(=O)NC(C)(C(=O)O)C(F)(F)F. The molecule has 0 aromatic carbocycles. The van der Waals surface area contributed by atoms with E-state index in [1.54, 1.807) is 0 Å². The van der Waals surface area contributed by atoms with Crippen LogP contribution in [0.1, 0.15) is 6.92 Å². The van der Waals surface area contributed by atoms with E-state index in [2.05, 4.69) is 5.32 Å². The first-order chi connectivity index (χ1) is 8.45. The molecule has 3 amide bonds. The molecule has 3 N–H and O–H groups in total. The number of alkyl halides is 3. The van der Waals surface area contributed by atoms with Gasteiger partial charge in [-0.3, -0.25) is 4.79 Å². The second-order valence-corrected chi connectivity index (χ2v) is 3.89. The fourth-order valence-electron chi connectivity index (χ4n) is 0.921. The summed E-state index contributed by atoms with van der Waals surface area (Å²) >= 11 is 0. The van der Waals surface area contributed by atoms with Gasteiger partial charge in [0.1, 0.15) is 6.54 Å². The summed E-state index contributed by atoms with van der Waals surface area (Å²) in [7, 11) is 2.34. The van der Waals surface area contributed by atoms with Gasteiger partial charge in [0.25, 0.3) is 0 Å². The van der Waals surface area contributed by atoms with Gasteiger partial charge in [-0.05, 0) is 6.92 Å². The van der Waals surface area contributed by atoms with E-state index in [0.717, 1.165) is 7.05 Å². The van der Waals surface area contributed by atoms with E-state index in [0.29, 0.717) is 11.8 Å². The highest BCUT2D eigenvalue weighted by Gasteiger charge is 2.58. The normalized spacial score (nSPS) is 14.2. The van der Waals surface area contributed by atoms with Crippen LogP contribution in [0.25, 0.3) is 0 Å². The zero-order chi connectivity index (χ0) is 15.4. The van der Waals surface area contributed by atoms with Gasteiger partial charge < -0.3 is 20.6 Å². The van der Waals surface area contributed by atoms with Gasteiger partial charge in [-0.25, -0.2) is 9.59 Å². The lowest BCUT2D eigenvalue weighted by molar-refractivity contribution is -0.203. The minimum absolute atomic E-state index is 0.320. The average molecular weight is 285 g/mol. The summed E-state index contributed by atoms with van der Waals surface area (Å²) in [5.41, 5.74) is -3.43. The Bertz CT molecular complexity index is 385. The monoisotopic (exact) mass is 285 g/mol. The van der Waals surface area contributed by atoms with Crippen molar-refractivity contribution in [3.63, 3.8) is 0 Å². The molecule has 0 saturated carbocycles. The van der Waals surface area contributed by atoms with Crippen molar-refractivity contribution in [3.05, 3.63) is 0 Å². The van der Waals surface area contributed by atoms with Crippen LogP contribution in [0.2, 0.25) is 0 Å². The first-order valence-electron chi connectivity index (χ1n) is 4.99. The smallest absolute Gasteiger partial charge is 0.422 e. The third-order valence-corrected chi connectivity index (χ3v) is 2.36. The highest BCUT2D eigenvalue weighted by atomic mass is 19.4. The van der Waals surface area contributed by atoms with Gasteiger partial charge in [-0.2, -0.15) is 13.2 Å². The average Bonchev–Trinajstić information content (AvgIpc) is 2.26. The van der Waals surface area contributed by atoms with Gasteiger partial charge in [0.2, 0.25) is 11.4 Å². The summed E-state index contributed by atoms with van der Waals surface area (Å²) < 4.78 is 37.8. The Kier molecular flexibility index (Phi) is 5.15. The van der Waals surface area contributed by atoms with Crippen molar-refractivity contribution in [1.82, 2.24) is 15.5 Å². The van der Waals surface area contributed by atoms with E-state index in [4.69, 9.17) is 5.11 Å². The minimum Gasteiger partial charge on any atom is -0.479 e. The largest absolute Gasteiger partial charge is 0.479 e. The van der Waals surface area contributed by atoms with Gasteiger partial charge in [0.05, 0.1) is 0 Å². The molecule has 7 nitrogen and oxygen atoms in total. The van der Waals surface area contributed by atoms with E-state index in [1.807, 2.05) is 0 Å². The van der Waals surface area contributed by atoms with E-state index >= 15 is 0 Å². The number of carboxylic acids is 1. The summed E-state index contributed by atoms with van der Waals surface area (Å²) in [6.45, 7) is -0.184. The van der Waals surface area contributed by atoms with Gasteiger partial charge in [0, 0.05) is 14.1 Å². The molecule has 1 unspecified atom stereocenters. The Morgan fingerprint density at radius 2 is 1.74 bits per heavy atom. The van der Waals surface area contributed by atoms with Crippen LogP contribution in [0.3, 0.4) is 0 Å². The molecule has 0 aromatic rings. The lowest BCUT2D eigenvalue weighted by atomic mass is 10.0. The Balaban J connectivity index is 4.94. The number of aliphatic carboxylic acids is 1. The van der Waals surface area contributed by atoms with Crippen LogP contribution in [0, 0.1) is 0 Å². The van der Waals surface area contributed by atoms with Crippen molar-refractivity contribution in [2.75, 3.05) is 20.6 Å². The van der Waals surface area contributed by atoms with E-state index in [1.165, 1.54) is 12.4 Å². The first kappa shape index (κ1) is 17.0. The molecule has 110 valence electrons. The molecule has 1 atom stereocenters. The van der Waals surface area contributed by atoms with Crippen molar-refractivity contribution in [2.45, 2.75) is 18.6 Å². The lowest BCUT2D eigenvalue weighted by Crippen LogP contribution is -2.64. The van der Waals surface area contributed by atoms with Crippen molar-refractivity contribution in [1.29, 1.82) is 0 Å². The second-order valence-electron chi connectivity index (χ2n) is 3.89. The van der Waals surface area contributed by atoms with Crippen molar-refractivity contribution < 1.29 is 32.7 Å². The number of amides is 3. The Morgan fingerprint density at radius 1 is 1.26 bits per heavy atom. The maximum absolute atomic E-state index is 12.6. The number of hydrogen-bond donors (Lipinski definition) is 3. The maximum Gasteiger partial charge on any atom is 0.422 e. The predicted molar refractivity (Wildman–Crippen MR) is 57.3 cm³/mol. The molecule has 19 heavy (non-hydrogen) atoms. The van der Waals surface area contributed by atoms with Crippen LogP contribution in [0.4, 0.5) is 18.0 Å². The van der Waals surface area contributed by atoms with E-state index < -0.39 is 36.2 Å². The molecule has 0 aliphatic carbocycles. The van der Waals surface area contributed by atoms with Gasteiger partial charge in [-0.1, -0.05) is 0 Å². The molecule has 0 heterocycles. The van der Waals surface area contributed by atoms with Crippen LogP contribution in [0.15, 0.2) is 0 Å². The third kappa shape index (κ3) is 4.00. The fraction of sp³-hybridized carbons (Fsp3) is 0.667. The highest BCUT2D eigenvalue weighted by molar-refractivity contribution is 5.88. The van der Waals surface area contributed by atoms with Crippen molar-refractivity contribution >= 4 is 17.9 Å². The molecule has 0 aliphatic heterocycles. The van der Waals surface area contributed by atoms with E-state index in [9.17, 15) is 27.6 Å².